The highest BCUT2D eigenvalue weighted by atomic mass is 32.2. The fraction of sp³-hybridized carbons (Fsp3) is 0.533. The van der Waals surface area contributed by atoms with E-state index in [1.807, 2.05) is 0 Å². The fourth-order valence-electron chi connectivity index (χ4n) is 1.52. The second-order valence-electron chi connectivity index (χ2n) is 4.81. The number of thioether (sulfide) groups is 1. The van der Waals surface area contributed by atoms with Gasteiger partial charge in [-0.15, -0.1) is 11.8 Å². The molecule has 0 aliphatic rings. The zero-order valence-electron chi connectivity index (χ0n) is 12.4. The predicted octanol–water partition coefficient (Wildman–Crippen LogP) is 2.04. The lowest BCUT2D eigenvalue weighted by atomic mass is 10.2. The van der Waals surface area contributed by atoms with Crippen LogP contribution in [0.4, 0.5) is 0 Å². The van der Waals surface area contributed by atoms with Crippen LogP contribution in [-0.2, 0) is 16.1 Å². The number of carbonyl (C=O) groups excluding carboxylic acids is 1. The molecule has 1 amide bonds. The van der Waals surface area contributed by atoms with E-state index < -0.39 is 0 Å². The maximum absolute atomic E-state index is 11.5. The van der Waals surface area contributed by atoms with Gasteiger partial charge in [-0.25, -0.2) is 0 Å². The molecule has 5 heteroatoms. The van der Waals surface area contributed by atoms with Crippen molar-refractivity contribution in [3.8, 4) is 0 Å². The van der Waals surface area contributed by atoms with Crippen molar-refractivity contribution in [3.05, 3.63) is 29.8 Å². The molecule has 0 aliphatic carbocycles. The average molecular weight is 296 g/mol. The van der Waals surface area contributed by atoms with Gasteiger partial charge in [-0.05, 0) is 17.7 Å². The van der Waals surface area contributed by atoms with Crippen molar-refractivity contribution in [1.29, 1.82) is 0 Å². The lowest BCUT2D eigenvalue weighted by Crippen LogP contribution is -2.28. The summed E-state index contributed by atoms with van der Waals surface area (Å²) in [6, 6.07) is 8.80. The van der Waals surface area contributed by atoms with Crippen LogP contribution in [0, 0.1) is 0 Å². The molecule has 0 fully saturated rings. The molecule has 0 bridgehead atoms. The highest BCUT2D eigenvalue weighted by molar-refractivity contribution is 8.00. The summed E-state index contributed by atoms with van der Waals surface area (Å²) in [7, 11) is 1.62. The number of hydrogen-bond acceptors (Lipinski definition) is 4. The number of carbonyl (C=O) groups is 1. The number of amides is 1. The Morgan fingerprint density at radius 3 is 2.60 bits per heavy atom. The first-order valence-electron chi connectivity index (χ1n) is 6.82. The third-order valence-corrected chi connectivity index (χ3v) is 3.65. The number of benzene rings is 1. The Morgan fingerprint density at radius 1 is 1.30 bits per heavy atom. The summed E-state index contributed by atoms with van der Waals surface area (Å²) in [5, 5.41) is 6.18. The molecule has 20 heavy (non-hydrogen) atoms. The molecule has 0 spiro atoms. The van der Waals surface area contributed by atoms with Crippen LogP contribution in [0.1, 0.15) is 19.4 Å². The van der Waals surface area contributed by atoms with Gasteiger partial charge >= 0.3 is 0 Å². The molecule has 2 N–H and O–H groups in total. The Kier molecular flexibility index (Phi) is 8.34. The van der Waals surface area contributed by atoms with Crippen LogP contribution in [0.25, 0.3) is 0 Å². The van der Waals surface area contributed by atoms with Crippen LogP contribution in [0.5, 0.6) is 0 Å². The summed E-state index contributed by atoms with van der Waals surface area (Å²) in [5.41, 5.74) is 1.26. The molecule has 0 aliphatic heterocycles. The summed E-state index contributed by atoms with van der Waals surface area (Å²) < 4.78 is 4.88. The van der Waals surface area contributed by atoms with E-state index in [2.05, 4.69) is 48.7 Å². The van der Waals surface area contributed by atoms with E-state index in [1.54, 1.807) is 18.9 Å². The summed E-state index contributed by atoms with van der Waals surface area (Å²) in [6.45, 7) is 6.25. The van der Waals surface area contributed by atoms with Crippen molar-refractivity contribution >= 4 is 17.7 Å². The van der Waals surface area contributed by atoms with E-state index in [1.165, 1.54) is 5.56 Å². The maximum Gasteiger partial charge on any atom is 0.230 e. The Labute approximate surface area is 125 Å². The SMILES string of the molecule is COCCNC(=O)CSc1ccc(CNC(C)C)cc1. The quantitative estimate of drug-likeness (QED) is 0.541. The summed E-state index contributed by atoms with van der Waals surface area (Å²) in [4.78, 5) is 12.6. The Bertz CT molecular complexity index is 393. The molecule has 112 valence electrons. The minimum absolute atomic E-state index is 0.0394. The number of nitrogens with one attached hydrogen (secondary N) is 2. The molecular formula is C15H24N2O2S. The number of rotatable bonds is 9. The second-order valence-corrected chi connectivity index (χ2v) is 5.86. The molecule has 1 rings (SSSR count). The van der Waals surface area contributed by atoms with E-state index in [9.17, 15) is 4.79 Å². The highest BCUT2D eigenvalue weighted by Gasteiger charge is 2.02. The molecule has 0 aromatic heterocycles. The van der Waals surface area contributed by atoms with E-state index >= 15 is 0 Å². The molecule has 1 aromatic carbocycles. The average Bonchev–Trinajstić information content (AvgIpc) is 2.44. The van der Waals surface area contributed by atoms with Crippen molar-refractivity contribution in [2.75, 3.05) is 26.0 Å². The number of hydrogen-bond donors (Lipinski definition) is 2. The van der Waals surface area contributed by atoms with Gasteiger partial charge in [0.25, 0.3) is 0 Å². The van der Waals surface area contributed by atoms with Gasteiger partial charge < -0.3 is 15.4 Å². The van der Waals surface area contributed by atoms with Crippen molar-refractivity contribution in [2.45, 2.75) is 31.3 Å². The molecular weight excluding hydrogens is 272 g/mol. The smallest absolute Gasteiger partial charge is 0.230 e. The van der Waals surface area contributed by atoms with E-state index in [0.717, 1.165) is 11.4 Å². The monoisotopic (exact) mass is 296 g/mol. The van der Waals surface area contributed by atoms with Gasteiger partial charge in [0.15, 0.2) is 0 Å². The highest BCUT2D eigenvalue weighted by Crippen LogP contribution is 2.18. The number of methoxy groups -OCH3 is 1. The van der Waals surface area contributed by atoms with Crippen molar-refractivity contribution < 1.29 is 9.53 Å². The lowest BCUT2D eigenvalue weighted by Gasteiger charge is -2.08. The lowest BCUT2D eigenvalue weighted by molar-refractivity contribution is -0.118. The molecule has 0 atom stereocenters. The van der Waals surface area contributed by atoms with Gasteiger partial charge in [-0.1, -0.05) is 26.0 Å². The van der Waals surface area contributed by atoms with Gasteiger partial charge in [0, 0.05) is 31.1 Å². The summed E-state index contributed by atoms with van der Waals surface area (Å²) in [6.07, 6.45) is 0. The van der Waals surface area contributed by atoms with Crippen molar-refractivity contribution in [2.24, 2.45) is 0 Å². The van der Waals surface area contributed by atoms with E-state index in [0.29, 0.717) is 24.9 Å². The molecule has 0 heterocycles. The minimum atomic E-state index is 0.0394. The van der Waals surface area contributed by atoms with Gasteiger partial charge in [-0.3, -0.25) is 4.79 Å². The molecule has 0 saturated carbocycles. The van der Waals surface area contributed by atoms with Crippen molar-refractivity contribution in [1.82, 2.24) is 10.6 Å². The van der Waals surface area contributed by atoms with Crippen LogP contribution < -0.4 is 10.6 Å². The molecule has 1 aromatic rings. The number of ether oxygens (including phenoxy) is 1. The zero-order valence-corrected chi connectivity index (χ0v) is 13.3. The van der Waals surface area contributed by atoms with Crippen LogP contribution in [0.2, 0.25) is 0 Å². The van der Waals surface area contributed by atoms with Crippen LogP contribution >= 0.6 is 11.8 Å². The van der Waals surface area contributed by atoms with Gasteiger partial charge in [0.1, 0.15) is 0 Å². The predicted molar refractivity (Wildman–Crippen MR) is 84.0 cm³/mol. The maximum atomic E-state index is 11.5. The minimum Gasteiger partial charge on any atom is -0.383 e. The van der Waals surface area contributed by atoms with Crippen molar-refractivity contribution in [3.63, 3.8) is 0 Å². The Hall–Kier alpha value is -1.04. The Balaban J connectivity index is 2.28. The van der Waals surface area contributed by atoms with Crippen LogP contribution in [0.15, 0.2) is 29.2 Å². The van der Waals surface area contributed by atoms with Gasteiger partial charge in [-0.2, -0.15) is 0 Å². The molecule has 0 unspecified atom stereocenters. The first-order valence-corrected chi connectivity index (χ1v) is 7.81. The third-order valence-electron chi connectivity index (χ3n) is 2.64. The zero-order chi connectivity index (χ0) is 14.8. The van der Waals surface area contributed by atoms with E-state index in [4.69, 9.17) is 4.74 Å². The normalized spacial score (nSPS) is 10.8. The first-order chi connectivity index (χ1) is 9.61. The molecule has 0 saturated heterocycles. The standard InChI is InChI=1S/C15H24N2O2S/c1-12(2)17-10-13-4-6-14(7-5-13)20-11-15(18)16-8-9-19-3/h4-7,12,17H,8-11H2,1-3H3,(H,16,18). The Morgan fingerprint density at radius 2 is 2.00 bits per heavy atom. The summed E-state index contributed by atoms with van der Waals surface area (Å²) in [5.74, 6) is 0.477. The topological polar surface area (TPSA) is 50.4 Å². The van der Waals surface area contributed by atoms with E-state index in [-0.39, 0.29) is 5.91 Å². The van der Waals surface area contributed by atoms with Gasteiger partial charge in [0.2, 0.25) is 5.91 Å². The first kappa shape index (κ1) is 17.0. The van der Waals surface area contributed by atoms with Crippen LogP contribution in [-0.4, -0.2) is 38.0 Å². The molecule has 0 radical (unpaired) electrons. The molecule has 4 nitrogen and oxygen atoms in total. The third kappa shape index (κ3) is 7.53. The fourth-order valence-corrected chi connectivity index (χ4v) is 2.25. The summed E-state index contributed by atoms with van der Waals surface area (Å²) >= 11 is 1.55. The van der Waals surface area contributed by atoms with Gasteiger partial charge in [0.05, 0.1) is 12.4 Å². The largest absolute Gasteiger partial charge is 0.383 e. The second kappa shape index (κ2) is 9.80. The van der Waals surface area contributed by atoms with Crippen LogP contribution in [0.3, 0.4) is 0 Å².